The van der Waals surface area contributed by atoms with Gasteiger partial charge in [-0.1, -0.05) is 25.5 Å². The second-order valence-corrected chi connectivity index (χ2v) is 6.30. The van der Waals surface area contributed by atoms with Gasteiger partial charge in [-0.2, -0.15) is 0 Å². The molecule has 0 amide bonds. The first-order chi connectivity index (χ1) is 8.94. The molecule has 19 heavy (non-hydrogen) atoms. The maximum Gasteiger partial charge on any atom is 0.218 e. The third kappa shape index (κ3) is 2.51. The number of hydrogen-bond donors (Lipinski definition) is 1. The predicted octanol–water partition coefficient (Wildman–Crippen LogP) is 3.19. The Balaban J connectivity index is 2.46. The second kappa shape index (κ2) is 5.39. The van der Waals surface area contributed by atoms with Gasteiger partial charge in [0.1, 0.15) is 6.10 Å². The first-order valence-electron chi connectivity index (χ1n) is 7.21. The van der Waals surface area contributed by atoms with Gasteiger partial charge in [-0.05, 0) is 43.6 Å². The van der Waals surface area contributed by atoms with Crippen LogP contribution in [0.15, 0.2) is 23.8 Å². The Morgan fingerprint density at radius 2 is 2.00 bits per heavy atom. The standard InChI is InChI=1S/C16H26O3/c1-5-7-13(17)16(18-10-11-19-16)14-12(2)8-6-9-15(14,3)4/h5,13,17H,1,6-11H2,2-4H3. The average molecular weight is 266 g/mol. The summed E-state index contributed by atoms with van der Waals surface area (Å²) in [4.78, 5) is 0. The van der Waals surface area contributed by atoms with Crippen molar-refractivity contribution in [2.24, 2.45) is 5.41 Å². The highest BCUT2D eigenvalue weighted by Crippen LogP contribution is 2.50. The summed E-state index contributed by atoms with van der Waals surface area (Å²) in [5.41, 5.74) is 2.47. The van der Waals surface area contributed by atoms with Gasteiger partial charge in [-0.15, -0.1) is 6.58 Å². The largest absolute Gasteiger partial charge is 0.387 e. The normalized spacial score (nSPS) is 27.4. The molecule has 0 aromatic rings. The van der Waals surface area contributed by atoms with Gasteiger partial charge < -0.3 is 14.6 Å². The smallest absolute Gasteiger partial charge is 0.218 e. The minimum absolute atomic E-state index is 0.00875. The molecule has 0 radical (unpaired) electrons. The molecule has 1 fully saturated rings. The fraction of sp³-hybridized carbons (Fsp3) is 0.750. The maximum absolute atomic E-state index is 10.5. The lowest BCUT2D eigenvalue weighted by molar-refractivity contribution is -0.201. The first-order valence-corrected chi connectivity index (χ1v) is 7.21. The molecule has 0 aromatic carbocycles. The van der Waals surface area contributed by atoms with E-state index in [0.717, 1.165) is 18.4 Å². The molecule has 1 atom stereocenters. The Hall–Kier alpha value is -0.640. The lowest BCUT2D eigenvalue weighted by Crippen LogP contribution is -2.50. The van der Waals surface area contributed by atoms with Crippen LogP contribution in [-0.4, -0.2) is 30.2 Å². The summed E-state index contributed by atoms with van der Waals surface area (Å²) in [7, 11) is 0. The van der Waals surface area contributed by atoms with Gasteiger partial charge in [0.05, 0.1) is 13.2 Å². The van der Waals surface area contributed by atoms with Gasteiger partial charge in [0.2, 0.25) is 5.79 Å². The van der Waals surface area contributed by atoms with E-state index in [0.29, 0.717) is 19.6 Å². The summed E-state index contributed by atoms with van der Waals surface area (Å²) in [5, 5.41) is 10.5. The molecule has 0 saturated carbocycles. The lowest BCUT2D eigenvalue weighted by Gasteiger charge is -2.45. The van der Waals surface area contributed by atoms with E-state index in [1.165, 1.54) is 12.0 Å². The molecule has 1 aliphatic carbocycles. The minimum Gasteiger partial charge on any atom is -0.387 e. The van der Waals surface area contributed by atoms with Crippen LogP contribution >= 0.6 is 0 Å². The number of hydrogen-bond acceptors (Lipinski definition) is 3. The van der Waals surface area contributed by atoms with Gasteiger partial charge in [0.15, 0.2) is 0 Å². The SMILES string of the molecule is C=CCC(O)C1(C2=C(C)CCCC2(C)C)OCCO1. The molecular weight excluding hydrogens is 240 g/mol. The van der Waals surface area contributed by atoms with E-state index < -0.39 is 11.9 Å². The van der Waals surface area contributed by atoms with Crippen molar-refractivity contribution in [3.05, 3.63) is 23.8 Å². The predicted molar refractivity (Wildman–Crippen MR) is 75.8 cm³/mol. The van der Waals surface area contributed by atoms with Gasteiger partial charge in [0, 0.05) is 0 Å². The van der Waals surface area contributed by atoms with E-state index in [1.807, 2.05) is 0 Å². The zero-order valence-electron chi connectivity index (χ0n) is 12.4. The summed E-state index contributed by atoms with van der Waals surface area (Å²) in [6, 6.07) is 0. The van der Waals surface area contributed by atoms with Crippen LogP contribution in [0.5, 0.6) is 0 Å². The molecule has 1 N–H and O–H groups in total. The van der Waals surface area contributed by atoms with Gasteiger partial charge >= 0.3 is 0 Å². The Morgan fingerprint density at radius 1 is 1.37 bits per heavy atom. The molecule has 2 aliphatic rings. The molecular formula is C16H26O3. The number of rotatable bonds is 4. The minimum atomic E-state index is -0.956. The monoisotopic (exact) mass is 266 g/mol. The first kappa shape index (κ1) is 14.8. The molecule has 1 aliphatic heterocycles. The molecule has 3 heteroatoms. The van der Waals surface area contributed by atoms with Gasteiger partial charge in [-0.25, -0.2) is 0 Å². The van der Waals surface area contributed by atoms with Crippen molar-refractivity contribution in [1.82, 2.24) is 0 Å². The molecule has 0 aromatic heterocycles. The highest BCUT2D eigenvalue weighted by atomic mass is 16.7. The van der Waals surface area contributed by atoms with Crippen LogP contribution in [0.1, 0.15) is 46.5 Å². The van der Waals surface area contributed by atoms with Crippen LogP contribution in [0.25, 0.3) is 0 Å². The van der Waals surface area contributed by atoms with E-state index in [2.05, 4.69) is 27.4 Å². The summed E-state index contributed by atoms with van der Waals surface area (Å²) in [6.07, 6.45) is 4.88. The van der Waals surface area contributed by atoms with Crippen LogP contribution in [0.4, 0.5) is 0 Å². The van der Waals surface area contributed by atoms with Crippen molar-refractivity contribution in [2.45, 2.75) is 58.3 Å². The molecule has 0 bridgehead atoms. The van der Waals surface area contributed by atoms with Crippen LogP contribution in [0.3, 0.4) is 0 Å². The fourth-order valence-electron chi connectivity index (χ4n) is 3.64. The third-order valence-electron chi connectivity index (χ3n) is 4.35. The Morgan fingerprint density at radius 3 is 2.53 bits per heavy atom. The molecule has 0 spiro atoms. The summed E-state index contributed by atoms with van der Waals surface area (Å²) >= 11 is 0. The molecule has 3 nitrogen and oxygen atoms in total. The molecule has 1 heterocycles. The summed E-state index contributed by atoms with van der Waals surface area (Å²) in [6.45, 7) is 11.4. The van der Waals surface area contributed by atoms with E-state index in [9.17, 15) is 5.11 Å². The average Bonchev–Trinajstić information content (AvgIpc) is 2.78. The highest BCUT2D eigenvalue weighted by molar-refractivity contribution is 5.31. The van der Waals surface area contributed by atoms with E-state index in [4.69, 9.17) is 9.47 Å². The van der Waals surface area contributed by atoms with Crippen molar-refractivity contribution >= 4 is 0 Å². The second-order valence-electron chi connectivity index (χ2n) is 6.30. The molecule has 108 valence electrons. The van der Waals surface area contributed by atoms with Crippen LogP contribution in [0.2, 0.25) is 0 Å². The van der Waals surface area contributed by atoms with Gasteiger partial charge in [0.25, 0.3) is 0 Å². The third-order valence-corrected chi connectivity index (χ3v) is 4.35. The molecule has 2 rings (SSSR count). The quantitative estimate of drug-likeness (QED) is 0.794. The van der Waals surface area contributed by atoms with E-state index in [1.54, 1.807) is 6.08 Å². The van der Waals surface area contributed by atoms with Crippen molar-refractivity contribution < 1.29 is 14.6 Å². The summed E-state index contributed by atoms with van der Waals surface area (Å²) < 4.78 is 11.8. The van der Waals surface area contributed by atoms with E-state index in [-0.39, 0.29) is 5.41 Å². The maximum atomic E-state index is 10.5. The van der Waals surface area contributed by atoms with Crippen LogP contribution in [0, 0.1) is 5.41 Å². The van der Waals surface area contributed by atoms with E-state index >= 15 is 0 Å². The Kier molecular flexibility index (Phi) is 4.19. The number of aliphatic hydroxyl groups is 1. The Labute approximate surface area is 116 Å². The van der Waals surface area contributed by atoms with Gasteiger partial charge in [-0.3, -0.25) is 0 Å². The topological polar surface area (TPSA) is 38.7 Å². The van der Waals surface area contributed by atoms with Crippen molar-refractivity contribution in [1.29, 1.82) is 0 Å². The number of allylic oxidation sites excluding steroid dienone is 1. The zero-order chi connectivity index (χ0) is 14.1. The van der Waals surface area contributed by atoms with Crippen LogP contribution in [-0.2, 0) is 9.47 Å². The lowest BCUT2D eigenvalue weighted by atomic mass is 9.68. The molecule has 1 saturated heterocycles. The number of ether oxygens (including phenoxy) is 2. The highest BCUT2D eigenvalue weighted by Gasteiger charge is 2.52. The van der Waals surface area contributed by atoms with Crippen LogP contribution < -0.4 is 0 Å². The van der Waals surface area contributed by atoms with Crippen molar-refractivity contribution in [2.75, 3.05) is 13.2 Å². The fourth-order valence-corrected chi connectivity index (χ4v) is 3.64. The zero-order valence-corrected chi connectivity index (χ0v) is 12.4. The van der Waals surface area contributed by atoms with Crippen molar-refractivity contribution in [3.8, 4) is 0 Å². The summed E-state index contributed by atoms with van der Waals surface area (Å²) in [5.74, 6) is -0.956. The number of aliphatic hydroxyl groups excluding tert-OH is 1. The Bertz CT molecular complexity index is 375. The molecule has 1 unspecified atom stereocenters. The van der Waals surface area contributed by atoms with Crippen molar-refractivity contribution in [3.63, 3.8) is 0 Å².